The molecule has 1 amide bonds. The van der Waals surface area contributed by atoms with Gasteiger partial charge in [-0.15, -0.1) is 0 Å². The SMILES string of the molecule is COc1ccc(Cc2nn(CC(=O)Nc3ccc(C(C)=O)cc3)c(=S)n2-n2cccc2)cc1. The van der Waals surface area contributed by atoms with Gasteiger partial charge < -0.3 is 10.1 Å². The van der Waals surface area contributed by atoms with Gasteiger partial charge in [-0.2, -0.15) is 5.10 Å². The summed E-state index contributed by atoms with van der Waals surface area (Å²) in [6, 6.07) is 18.3. The molecular weight excluding hydrogens is 438 g/mol. The van der Waals surface area contributed by atoms with Crippen molar-refractivity contribution in [2.75, 3.05) is 12.4 Å². The van der Waals surface area contributed by atoms with Gasteiger partial charge in [0.15, 0.2) is 11.6 Å². The van der Waals surface area contributed by atoms with E-state index in [9.17, 15) is 9.59 Å². The minimum Gasteiger partial charge on any atom is -0.497 e. The minimum absolute atomic E-state index is 0.0286. The minimum atomic E-state index is -0.269. The molecule has 4 rings (SSSR count). The molecule has 9 heteroatoms. The molecule has 2 heterocycles. The van der Waals surface area contributed by atoms with Crippen LogP contribution >= 0.6 is 12.2 Å². The monoisotopic (exact) mass is 461 g/mol. The van der Waals surface area contributed by atoms with E-state index in [2.05, 4.69) is 10.4 Å². The van der Waals surface area contributed by atoms with E-state index in [-0.39, 0.29) is 18.2 Å². The van der Waals surface area contributed by atoms with Crippen LogP contribution < -0.4 is 10.1 Å². The third-order valence-electron chi connectivity index (χ3n) is 5.09. The van der Waals surface area contributed by atoms with Gasteiger partial charge in [0.05, 0.1) is 7.11 Å². The molecule has 0 saturated heterocycles. The molecule has 0 fully saturated rings. The zero-order valence-corrected chi connectivity index (χ0v) is 19.1. The fourth-order valence-corrected chi connectivity index (χ4v) is 3.70. The van der Waals surface area contributed by atoms with Crippen molar-refractivity contribution in [3.8, 4) is 5.75 Å². The molecule has 0 bridgehead atoms. The van der Waals surface area contributed by atoms with Gasteiger partial charge in [-0.3, -0.25) is 14.3 Å². The molecule has 8 nitrogen and oxygen atoms in total. The lowest BCUT2D eigenvalue weighted by Crippen LogP contribution is -2.20. The average Bonchev–Trinajstić information content (AvgIpc) is 3.43. The van der Waals surface area contributed by atoms with E-state index in [1.807, 2.05) is 53.5 Å². The number of carbonyl (C=O) groups excluding carboxylic acids is 2. The number of ether oxygens (including phenoxy) is 1. The molecule has 0 aliphatic rings. The highest BCUT2D eigenvalue weighted by Gasteiger charge is 2.15. The molecule has 4 aromatic rings. The lowest BCUT2D eigenvalue weighted by molar-refractivity contribution is -0.116. The van der Waals surface area contributed by atoms with Crippen molar-refractivity contribution in [3.63, 3.8) is 0 Å². The number of ketones is 1. The van der Waals surface area contributed by atoms with E-state index in [1.54, 1.807) is 36.1 Å². The number of benzene rings is 2. The highest BCUT2D eigenvalue weighted by atomic mass is 32.1. The fraction of sp³-hybridized carbons (Fsp3) is 0.167. The van der Waals surface area contributed by atoms with Crippen LogP contribution in [0.4, 0.5) is 5.69 Å². The third-order valence-corrected chi connectivity index (χ3v) is 5.48. The number of amides is 1. The van der Waals surface area contributed by atoms with Gasteiger partial charge in [-0.25, -0.2) is 9.36 Å². The molecule has 0 saturated carbocycles. The second-order valence-electron chi connectivity index (χ2n) is 7.44. The number of anilines is 1. The summed E-state index contributed by atoms with van der Waals surface area (Å²) in [4.78, 5) is 24.1. The van der Waals surface area contributed by atoms with Crippen LogP contribution in [-0.4, -0.2) is 37.9 Å². The number of nitrogens with one attached hydrogen (secondary N) is 1. The second kappa shape index (κ2) is 9.66. The number of Topliss-reactive ketones (excluding diaryl/α,β-unsaturated/α-hetero) is 1. The molecular formula is C24H23N5O3S. The number of rotatable bonds is 8. The summed E-state index contributed by atoms with van der Waals surface area (Å²) < 4.78 is 10.8. The van der Waals surface area contributed by atoms with Crippen molar-refractivity contribution in [3.05, 3.63) is 94.8 Å². The first kappa shape index (κ1) is 22.2. The predicted octanol–water partition coefficient (Wildman–Crippen LogP) is 3.97. The van der Waals surface area contributed by atoms with Crippen LogP contribution in [0.1, 0.15) is 28.7 Å². The highest BCUT2D eigenvalue weighted by Crippen LogP contribution is 2.16. The zero-order valence-electron chi connectivity index (χ0n) is 18.3. The maximum Gasteiger partial charge on any atom is 0.246 e. The Morgan fingerprint density at radius 2 is 1.70 bits per heavy atom. The molecule has 168 valence electrons. The summed E-state index contributed by atoms with van der Waals surface area (Å²) in [5.41, 5.74) is 2.22. The van der Waals surface area contributed by atoms with Gasteiger partial charge in [-0.05, 0) is 73.2 Å². The van der Waals surface area contributed by atoms with Crippen LogP contribution in [0.2, 0.25) is 0 Å². The van der Waals surface area contributed by atoms with Crippen molar-refractivity contribution >= 4 is 29.6 Å². The zero-order chi connectivity index (χ0) is 23.4. The quantitative estimate of drug-likeness (QED) is 0.317. The number of hydrogen-bond donors (Lipinski definition) is 1. The summed E-state index contributed by atoms with van der Waals surface area (Å²) in [5, 5.41) is 7.46. The third kappa shape index (κ3) is 5.09. The normalized spacial score (nSPS) is 10.7. The smallest absolute Gasteiger partial charge is 0.246 e. The Hall–Kier alpha value is -3.98. The van der Waals surface area contributed by atoms with Crippen LogP contribution in [0, 0.1) is 4.77 Å². The van der Waals surface area contributed by atoms with E-state index in [1.165, 1.54) is 11.6 Å². The van der Waals surface area contributed by atoms with E-state index in [4.69, 9.17) is 17.0 Å². The van der Waals surface area contributed by atoms with Crippen LogP contribution in [0.5, 0.6) is 5.75 Å². The highest BCUT2D eigenvalue weighted by molar-refractivity contribution is 7.71. The molecule has 33 heavy (non-hydrogen) atoms. The van der Waals surface area contributed by atoms with Gasteiger partial charge in [0.1, 0.15) is 12.3 Å². The van der Waals surface area contributed by atoms with Crippen LogP contribution in [0.15, 0.2) is 73.1 Å². The first-order chi connectivity index (χ1) is 15.9. The topological polar surface area (TPSA) is 83.1 Å². The molecule has 0 spiro atoms. The predicted molar refractivity (Wildman–Crippen MR) is 127 cm³/mol. The van der Waals surface area contributed by atoms with Gasteiger partial charge in [-0.1, -0.05) is 12.1 Å². The van der Waals surface area contributed by atoms with E-state index in [0.29, 0.717) is 28.3 Å². The van der Waals surface area contributed by atoms with E-state index >= 15 is 0 Å². The van der Waals surface area contributed by atoms with Crippen LogP contribution in [0.25, 0.3) is 0 Å². The summed E-state index contributed by atoms with van der Waals surface area (Å²) in [6.07, 6.45) is 4.26. The molecule has 0 unspecified atom stereocenters. The fourth-order valence-electron chi connectivity index (χ4n) is 3.40. The Labute approximate surface area is 196 Å². The Morgan fingerprint density at radius 3 is 2.30 bits per heavy atom. The molecule has 0 aliphatic carbocycles. The molecule has 0 radical (unpaired) electrons. The Kier molecular flexibility index (Phi) is 6.50. The summed E-state index contributed by atoms with van der Waals surface area (Å²) in [5.74, 6) is 1.17. The lowest BCUT2D eigenvalue weighted by Gasteiger charge is -2.08. The van der Waals surface area contributed by atoms with Crippen molar-refractivity contribution in [2.24, 2.45) is 0 Å². The van der Waals surface area contributed by atoms with Gasteiger partial charge in [0.2, 0.25) is 10.7 Å². The van der Waals surface area contributed by atoms with E-state index < -0.39 is 0 Å². The Morgan fingerprint density at radius 1 is 1.03 bits per heavy atom. The van der Waals surface area contributed by atoms with Crippen molar-refractivity contribution in [1.29, 1.82) is 0 Å². The molecule has 1 N–H and O–H groups in total. The molecule has 0 atom stereocenters. The first-order valence-electron chi connectivity index (χ1n) is 10.3. The van der Waals surface area contributed by atoms with E-state index in [0.717, 1.165) is 11.3 Å². The van der Waals surface area contributed by atoms with Crippen molar-refractivity contribution < 1.29 is 14.3 Å². The number of carbonyl (C=O) groups is 2. The largest absolute Gasteiger partial charge is 0.497 e. The summed E-state index contributed by atoms with van der Waals surface area (Å²) in [7, 11) is 1.63. The summed E-state index contributed by atoms with van der Waals surface area (Å²) in [6.45, 7) is 1.46. The second-order valence-corrected chi connectivity index (χ2v) is 7.80. The standard InChI is InChI=1S/C24H23N5O3S/c1-17(30)19-7-9-20(10-8-19)25-23(31)16-28-24(33)29(27-13-3-4-14-27)22(26-28)15-18-5-11-21(32-2)12-6-18/h3-14H,15-16H2,1-2H3,(H,25,31). The molecule has 0 aliphatic heterocycles. The van der Waals surface area contributed by atoms with Gasteiger partial charge in [0.25, 0.3) is 0 Å². The average molecular weight is 462 g/mol. The number of hydrogen-bond acceptors (Lipinski definition) is 5. The Balaban J connectivity index is 1.57. The number of nitrogens with zero attached hydrogens (tertiary/aromatic N) is 4. The maximum atomic E-state index is 12.7. The van der Waals surface area contributed by atoms with Crippen LogP contribution in [-0.2, 0) is 17.8 Å². The number of aromatic nitrogens is 4. The van der Waals surface area contributed by atoms with Crippen molar-refractivity contribution in [2.45, 2.75) is 19.9 Å². The van der Waals surface area contributed by atoms with Crippen molar-refractivity contribution in [1.82, 2.24) is 19.1 Å². The maximum absolute atomic E-state index is 12.7. The molecule has 2 aromatic carbocycles. The van der Waals surface area contributed by atoms with Gasteiger partial charge >= 0.3 is 0 Å². The number of methoxy groups -OCH3 is 1. The van der Waals surface area contributed by atoms with Crippen LogP contribution in [0.3, 0.4) is 0 Å². The summed E-state index contributed by atoms with van der Waals surface area (Å²) >= 11 is 5.65. The Bertz CT molecular complexity index is 1320. The molecule has 2 aromatic heterocycles. The lowest BCUT2D eigenvalue weighted by atomic mass is 10.1. The van der Waals surface area contributed by atoms with Gasteiger partial charge in [0, 0.05) is 30.1 Å². The first-order valence-corrected chi connectivity index (χ1v) is 10.7.